The van der Waals surface area contributed by atoms with E-state index in [-0.39, 0.29) is 0 Å². The summed E-state index contributed by atoms with van der Waals surface area (Å²) in [5, 5.41) is 4.30. The molecule has 0 fully saturated rings. The van der Waals surface area contributed by atoms with E-state index in [0.29, 0.717) is 10.2 Å². The largest absolute Gasteiger partial charge is 0.320 e. The van der Waals surface area contributed by atoms with Crippen molar-refractivity contribution in [3.8, 4) is 0 Å². The molecule has 0 bridgehead atoms. The molecule has 3 nitrogen and oxygen atoms in total. The molecule has 2 heterocycles. The van der Waals surface area contributed by atoms with Crippen LogP contribution < -0.4 is 5.32 Å². The fourth-order valence-electron chi connectivity index (χ4n) is 1.68. The normalized spacial score (nSPS) is 11.2. The summed E-state index contributed by atoms with van der Waals surface area (Å²) in [5.74, 6) is 0.979. The van der Waals surface area contributed by atoms with Gasteiger partial charge in [0.05, 0.1) is 5.52 Å². The van der Waals surface area contributed by atoms with Gasteiger partial charge in [0.1, 0.15) is 5.82 Å². The molecule has 86 valence electrons. The molecule has 0 spiro atoms. The van der Waals surface area contributed by atoms with Crippen LogP contribution in [0.3, 0.4) is 0 Å². The fourth-order valence-corrected chi connectivity index (χ4v) is 2.09. The lowest BCUT2D eigenvalue weighted by Crippen LogP contribution is -2.09. The number of hydrogen-bond donors (Lipinski definition) is 1. The van der Waals surface area contributed by atoms with Gasteiger partial charge in [-0.05, 0) is 32.1 Å². The van der Waals surface area contributed by atoms with E-state index in [2.05, 4.69) is 10.3 Å². The molecule has 16 heavy (non-hydrogen) atoms. The van der Waals surface area contributed by atoms with Gasteiger partial charge in [-0.2, -0.15) is 0 Å². The van der Waals surface area contributed by atoms with E-state index in [9.17, 15) is 0 Å². The second-order valence-corrected chi connectivity index (χ2v) is 4.42. The van der Waals surface area contributed by atoms with E-state index in [0.717, 1.165) is 30.7 Å². The Hall–Kier alpha value is -0.770. The van der Waals surface area contributed by atoms with Crippen LogP contribution in [0.1, 0.15) is 12.2 Å². The van der Waals surface area contributed by atoms with E-state index >= 15 is 0 Å². The number of aryl methyl sites for hydroxylation is 1. The fraction of sp³-hybridized carbons (Fsp3) is 0.364. The summed E-state index contributed by atoms with van der Waals surface area (Å²) < 4.78 is 1.99. The average molecular weight is 258 g/mol. The summed E-state index contributed by atoms with van der Waals surface area (Å²) in [4.78, 5) is 4.34. The summed E-state index contributed by atoms with van der Waals surface area (Å²) in [6.07, 6.45) is 3.84. The van der Waals surface area contributed by atoms with Gasteiger partial charge in [-0.1, -0.05) is 23.2 Å². The molecule has 0 saturated carbocycles. The SMILES string of the molecule is CNCCCc1nc(Cl)c2cc(Cl)ccn12. The Labute approximate surface area is 104 Å². The van der Waals surface area contributed by atoms with Crippen molar-refractivity contribution in [1.82, 2.24) is 14.7 Å². The first-order valence-electron chi connectivity index (χ1n) is 5.19. The molecule has 0 amide bonds. The molecule has 2 aromatic heterocycles. The Morgan fingerprint density at radius 1 is 1.44 bits per heavy atom. The molecule has 0 aliphatic carbocycles. The third-order valence-corrected chi connectivity index (χ3v) is 2.97. The number of nitrogens with one attached hydrogen (secondary N) is 1. The zero-order chi connectivity index (χ0) is 11.5. The van der Waals surface area contributed by atoms with Crippen molar-refractivity contribution < 1.29 is 0 Å². The molecule has 0 aromatic carbocycles. The van der Waals surface area contributed by atoms with Gasteiger partial charge in [-0.15, -0.1) is 0 Å². The molecule has 2 aromatic rings. The number of pyridine rings is 1. The topological polar surface area (TPSA) is 29.3 Å². The van der Waals surface area contributed by atoms with Gasteiger partial charge in [0.15, 0.2) is 5.15 Å². The Balaban J connectivity index is 2.32. The van der Waals surface area contributed by atoms with Crippen LogP contribution in [0.2, 0.25) is 10.2 Å². The van der Waals surface area contributed by atoms with E-state index in [1.807, 2.05) is 29.8 Å². The lowest BCUT2D eigenvalue weighted by atomic mass is 10.3. The van der Waals surface area contributed by atoms with Gasteiger partial charge in [0, 0.05) is 17.6 Å². The van der Waals surface area contributed by atoms with Crippen LogP contribution in [0, 0.1) is 0 Å². The first kappa shape index (κ1) is 11.7. The highest BCUT2D eigenvalue weighted by Crippen LogP contribution is 2.22. The van der Waals surface area contributed by atoms with Crippen molar-refractivity contribution in [2.45, 2.75) is 12.8 Å². The molecule has 0 unspecified atom stereocenters. The number of fused-ring (bicyclic) bond motifs is 1. The lowest BCUT2D eigenvalue weighted by Gasteiger charge is -2.01. The molecular formula is C11H13Cl2N3. The molecule has 0 aliphatic heterocycles. The van der Waals surface area contributed by atoms with Crippen molar-refractivity contribution in [2.75, 3.05) is 13.6 Å². The molecule has 1 N–H and O–H groups in total. The monoisotopic (exact) mass is 257 g/mol. The predicted octanol–water partition coefficient (Wildman–Crippen LogP) is 2.79. The van der Waals surface area contributed by atoms with Crippen molar-refractivity contribution in [3.05, 3.63) is 34.3 Å². The molecule has 0 aliphatic rings. The highest BCUT2D eigenvalue weighted by atomic mass is 35.5. The van der Waals surface area contributed by atoms with Gasteiger partial charge in [-0.3, -0.25) is 0 Å². The van der Waals surface area contributed by atoms with Crippen molar-refractivity contribution in [1.29, 1.82) is 0 Å². The van der Waals surface area contributed by atoms with Crippen molar-refractivity contribution >= 4 is 28.7 Å². The Morgan fingerprint density at radius 2 is 2.25 bits per heavy atom. The number of halogens is 2. The van der Waals surface area contributed by atoms with Crippen LogP contribution in [-0.4, -0.2) is 23.0 Å². The third-order valence-electron chi connectivity index (χ3n) is 2.46. The molecule has 0 saturated heterocycles. The van der Waals surface area contributed by atoms with Crippen LogP contribution in [0.4, 0.5) is 0 Å². The molecule has 0 atom stereocenters. The van der Waals surface area contributed by atoms with Crippen LogP contribution in [0.5, 0.6) is 0 Å². The van der Waals surface area contributed by atoms with Gasteiger partial charge in [0.2, 0.25) is 0 Å². The maximum atomic E-state index is 6.06. The van der Waals surface area contributed by atoms with Gasteiger partial charge in [-0.25, -0.2) is 4.98 Å². The summed E-state index contributed by atoms with van der Waals surface area (Å²) in [7, 11) is 1.94. The van der Waals surface area contributed by atoms with E-state index in [1.165, 1.54) is 0 Å². The minimum Gasteiger partial charge on any atom is -0.320 e. The van der Waals surface area contributed by atoms with Crippen molar-refractivity contribution in [3.63, 3.8) is 0 Å². The zero-order valence-corrected chi connectivity index (χ0v) is 10.5. The van der Waals surface area contributed by atoms with Gasteiger partial charge < -0.3 is 9.72 Å². The molecule has 2 rings (SSSR count). The van der Waals surface area contributed by atoms with Gasteiger partial charge in [0.25, 0.3) is 0 Å². The maximum absolute atomic E-state index is 6.06. The predicted molar refractivity (Wildman–Crippen MR) is 67.5 cm³/mol. The highest BCUT2D eigenvalue weighted by Gasteiger charge is 2.08. The first-order chi connectivity index (χ1) is 7.72. The first-order valence-corrected chi connectivity index (χ1v) is 5.94. The van der Waals surface area contributed by atoms with E-state index in [4.69, 9.17) is 23.2 Å². The molecule has 5 heteroatoms. The summed E-state index contributed by atoms with van der Waals surface area (Å²) >= 11 is 12.0. The highest BCUT2D eigenvalue weighted by molar-refractivity contribution is 6.34. The van der Waals surface area contributed by atoms with Gasteiger partial charge >= 0.3 is 0 Å². The maximum Gasteiger partial charge on any atom is 0.155 e. The molecule has 0 radical (unpaired) electrons. The van der Waals surface area contributed by atoms with E-state index < -0.39 is 0 Å². The Bertz CT molecular complexity index is 493. The molecular weight excluding hydrogens is 245 g/mol. The van der Waals surface area contributed by atoms with Crippen LogP contribution >= 0.6 is 23.2 Å². The van der Waals surface area contributed by atoms with Crippen LogP contribution in [0.15, 0.2) is 18.3 Å². The van der Waals surface area contributed by atoms with E-state index in [1.54, 1.807) is 0 Å². The standard InChI is InChI=1S/C11H13Cl2N3/c1-14-5-2-3-10-15-11(13)9-7-8(12)4-6-16(9)10/h4,6-7,14H,2-3,5H2,1H3. The number of nitrogens with zero attached hydrogens (tertiary/aromatic N) is 2. The van der Waals surface area contributed by atoms with Crippen LogP contribution in [-0.2, 0) is 6.42 Å². The average Bonchev–Trinajstić information content (AvgIpc) is 2.56. The van der Waals surface area contributed by atoms with Crippen molar-refractivity contribution in [2.24, 2.45) is 0 Å². The smallest absolute Gasteiger partial charge is 0.155 e. The quantitative estimate of drug-likeness (QED) is 0.854. The second-order valence-electron chi connectivity index (χ2n) is 3.63. The minimum atomic E-state index is 0.516. The summed E-state index contributed by atoms with van der Waals surface area (Å²) in [6, 6.07) is 3.67. The Kier molecular flexibility index (Phi) is 3.69. The second kappa shape index (κ2) is 5.04. The number of rotatable bonds is 4. The number of aromatic nitrogens is 2. The third kappa shape index (κ3) is 2.32. The van der Waals surface area contributed by atoms with Crippen LogP contribution in [0.25, 0.3) is 5.52 Å². The summed E-state index contributed by atoms with van der Waals surface area (Å²) in [5.41, 5.74) is 0.869. The number of imidazole rings is 1. The summed E-state index contributed by atoms with van der Waals surface area (Å²) in [6.45, 7) is 0.972. The zero-order valence-electron chi connectivity index (χ0n) is 9.00. The number of hydrogen-bond acceptors (Lipinski definition) is 2. The lowest BCUT2D eigenvalue weighted by molar-refractivity contribution is 0.701. The minimum absolute atomic E-state index is 0.516. The Morgan fingerprint density at radius 3 is 3.00 bits per heavy atom.